The third kappa shape index (κ3) is 3.87. The van der Waals surface area contributed by atoms with Gasteiger partial charge in [0.1, 0.15) is 22.9 Å². The molecule has 2 aromatic carbocycles. The van der Waals surface area contributed by atoms with E-state index in [1.807, 2.05) is 19.1 Å². The lowest BCUT2D eigenvalue weighted by molar-refractivity contribution is -0.111. The Labute approximate surface area is 173 Å². The van der Waals surface area contributed by atoms with Crippen molar-refractivity contribution in [1.82, 2.24) is 0 Å². The van der Waals surface area contributed by atoms with Crippen LogP contribution in [0.1, 0.15) is 36.7 Å². The molecule has 1 amide bonds. The summed E-state index contributed by atoms with van der Waals surface area (Å²) in [6.45, 7) is 1.85. The van der Waals surface area contributed by atoms with Crippen LogP contribution in [-0.2, 0) is 17.6 Å². The number of hydrogen-bond acceptors (Lipinski definition) is 3. The summed E-state index contributed by atoms with van der Waals surface area (Å²) < 4.78 is 24.9. The van der Waals surface area contributed by atoms with Gasteiger partial charge in [0, 0.05) is 40.8 Å². The standard InChI is InChI=1S/C23H21ClFNO3/c1-13(9-23(27)26-14-7-8-19(25)18(24)10-14)16-11-17-15-5-3-4-6-20(15)29-22(17)12-21(16)28-2/h7-12H,3-6H2,1-2H3,(H,26,27)/b13-9+. The Hall–Kier alpha value is -2.79. The quantitative estimate of drug-likeness (QED) is 0.521. The number of carbonyl (C=O) groups excluding carboxylic acids is 1. The smallest absolute Gasteiger partial charge is 0.248 e. The van der Waals surface area contributed by atoms with Crippen molar-refractivity contribution in [2.45, 2.75) is 32.6 Å². The molecule has 1 N–H and O–H groups in total. The second-order valence-electron chi connectivity index (χ2n) is 7.21. The molecule has 4 nitrogen and oxygen atoms in total. The fourth-order valence-electron chi connectivity index (χ4n) is 3.79. The minimum absolute atomic E-state index is 0.0413. The molecule has 0 fully saturated rings. The summed E-state index contributed by atoms with van der Waals surface area (Å²) in [6, 6.07) is 7.98. The highest BCUT2D eigenvalue weighted by Crippen LogP contribution is 2.37. The molecule has 4 rings (SSSR count). The van der Waals surface area contributed by atoms with Crippen molar-refractivity contribution in [2.75, 3.05) is 12.4 Å². The Morgan fingerprint density at radius 1 is 1.24 bits per heavy atom. The summed E-state index contributed by atoms with van der Waals surface area (Å²) in [5.41, 5.74) is 4.09. The van der Waals surface area contributed by atoms with Crippen LogP contribution in [0, 0.1) is 5.82 Å². The van der Waals surface area contributed by atoms with Crippen LogP contribution in [0.5, 0.6) is 5.75 Å². The fourth-order valence-corrected chi connectivity index (χ4v) is 3.97. The van der Waals surface area contributed by atoms with E-state index in [-0.39, 0.29) is 10.9 Å². The predicted octanol–water partition coefficient (Wildman–Crippen LogP) is 6.15. The number of carbonyl (C=O) groups is 1. The van der Waals surface area contributed by atoms with Crippen LogP contribution in [-0.4, -0.2) is 13.0 Å². The fraction of sp³-hybridized carbons (Fsp3) is 0.261. The van der Waals surface area contributed by atoms with Crippen LogP contribution in [0.2, 0.25) is 5.02 Å². The van der Waals surface area contributed by atoms with Crippen LogP contribution in [0.3, 0.4) is 0 Å². The molecule has 0 unspecified atom stereocenters. The number of benzene rings is 2. The first-order valence-electron chi connectivity index (χ1n) is 9.53. The SMILES string of the molecule is COc1cc2oc3c(c2cc1/C(C)=C/C(=O)Nc1ccc(F)c(Cl)c1)CCCC3. The van der Waals surface area contributed by atoms with Crippen LogP contribution >= 0.6 is 11.6 Å². The van der Waals surface area contributed by atoms with Crippen molar-refractivity contribution < 1.29 is 18.3 Å². The molecule has 1 aliphatic rings. The van der Waals surface area contributed by atoms with Gasteiger partial charge < -0.3 is 14.5 Å². The van der Waals surface area contributed by atoms with Crippen LogP contribution in [0.15, 0.2) is 40.8 Å². The molecular weight excluding hydrogens is 393 g/mol. The number of halogens is 2. The van der Waals surface area contributed by atoms with Crippen molar-refractivity contribution in [3.05, 3.63) is 64.1 Å². The summed E-state index contributed by atoms with van der Waals surface area (Å²) in [7, 11) is 1.60. The molecule has 1 aromatic heterocycles. The minimum Gasteiger partial charge on any atom is -0.496 e. The van der Waals surface area contributed by atoms with Gasteiger partial charge in [-0.1, -0.05) is 11.6 Å². The number of hydrogen-bond donors (Lipinski definition) is 1. The van der Waals surface area contributed by atoms with Gasteiger partial charge in [0.2, 0.25) is 5.91 Å². The average Bonchev–Trinajstić information content (AvgIpc) is 3.07. The zero-order valence-corrected chi connectivity index (χ0v) is 17.0. The van der Waals surface area contributed by atoms with Crippen molar-refractivity contribution in [3.63, 3.8) is 0 Å². The molecule has 0 atom stereocenters. The van der Waals surface area contributed by atoms with Gasteiger partial charge >= 0.3 is 0 Å². The molecule has 0 saturated carbocycles. The molecule has 0 aliphatic heterocycles. The second kappa shape index (κ2) is 7.91. The summed E-state index contributed by atoms with van der Waals surface area (Å²) in [4.78, 5) is 12.5. The van der Waals surface area contributed by atoms with Crippen molar-refractivity contribution in [2.24, 2.45) is 0 Å². The van der Waals surface area contributed by atoms with Gasteiger partial charge in [0.25, 0.3) is 0 Å². The van der Waals surface area contributed by atoms with Gasteiger partial charge in [-0.3, -0.25) is 4.79 Å². The molecule has 1 heterocycles. The Bertz CT molecular complexity index is 1130. The monoisotopic (exact) mass is 413 g/mol. The first kappa shape index (κ1) is 19.5. The Morgan fingerprint density at radius 3 is 2.79 bits per heavy atom. The van der Waals surface area contributed by atoms with Crippen LogP contribution < -0.4 is 10.1 Å². The Kier molecular flexibility index (Phi) is 5.33. The first-order valence-corrected chi connectivity index (χ1v) is 9.91. The zero-order valence-electron chi connectivity index (χ0n) is 16.3. The van der Waals surface area contributed by atoms with Crippen molar-refractivity contribution in [3.8, 4) is 5.75 Å². The maximum Gasteiger partial charge on any atom is 0.248 e. The van der Waals surface area contributed by atoms with Gasteiger partial charge in [-0.15, -0.1) is 0 Å². The molecule has 0 spiro atoms. The summed E-state index contributed by atoms with van der Waals surface area (Å²) in [5.74, 6) is 0.840. The maximum absolute atomic E-state index is 13.3. The summed E-state index contributed by atoms with van der Waals surface area (Å²) in [6.07, 6.45) is 5.75. The van der Waals surface area contributed by atoms with E-state index in [0.717, 1.165) is 53.5 Å². The van der Waals surface area contributed by atoms with Crippen LogP contribution in [0.25, 0.3) is 16.5 Å². The van der Waals surface area contributed by atoms with Gasteiger partial charge in [-0.25, -0.2) is 4.39 Å². The Balaban J connectivity index is 1.66. The lowest BCUT2D eigenvalue weighted by atomic mass is 9.94. The topological polar surface area (TPSA) is 51.5 Å². The largest absolute Gasteiger partial charge is 0.496 e. The van der Waals surface area contributed by atoms with E-state index in [0.29, 0.717) is 11.4 Å². The number of fused-ring (bicyclic) bond motifs is 3. The van der Waals surface area contributed by atoms with Crippen molar-refractivity contribution in [1.29, 1.82) is 0 Å². The number of aryl methyl sites for hydroxylation is 2. The highest BCUT2D eigenvalue weighted by molar-refractivity contribution is 6.31. The molecule has 0 bridgehead atoms. The number of allylic oxidation sites excluding steroid dienone is 1. The zero-order chi connectivity index (χ0) is 20.5. The van der Waals surface area contributed by atoms with E-state index >= 15 is 0 Å². The number of ether oxygens (including phenoxy) is 1. The second-order valence-corrected chi connectivity index (χ2v) is 7.61. The average molecular weight is 414 g/mol. The molecule has 150 valence electrons. The third-order valence-corrected chi connectivity index (χ3v) is 5.53. The highest BCUT2D eigenvalue weighted by atomic mass is 35.5. The number of rotatable bonds is 4. The van der Waals surface area contributed by atoms with E-state index < -0.39 is 5.82 Å². The number of nitrogens with one attached hydrogen (secondary N) is 1. The predicted molar refractivity (Wildman–Crippen MR) is 113 cm³/mol. The maximum atomic E-state index is 13.3. The van der Waals surface area contributed by atoms with Crippen LogP contribution in [0.4, 0.5) is 10.1 Å². The molecule has 29 heavy (non-hydrogen) atoms. The van der Waals surface area contributed by atoms with E-state index in [4.69, 9.17) is 20.8 Å². The number of furan rings is 1. The first-order chi connectivity index (χ1) is 14.0. The highest BCUT2D eigenvalue weighted by Gasteiger charge is 2.20. The number of amides is 1. The van der Waals surface area contributed by atoms with E-state index in [1.165, 1.54) is 29.8 Å². The lowest BCUT2D eigenvalue weighted by Crippen LogP contribution is -2.08. The van der Waals surface area contributed by atoms with Gasteiger partial charge in [-0.2, -0.15) is 0 Å². The molecule has 0 saturated heterocycles. The van der Waals surface area contributed by atoms with Gasteiger partial charge in [0.05, 0.1) is 12.1 Å². The van der Waals surface area contributed by atoms with E-state index in [9.17, 15) is 9.18 Å². The number of anilines is 1. The Morgan fingerprint density at radius 2 is 2.03 bits per heavy atom. The lowest BCUT2D eigenvalue weighted by Gasteiger charge is -2.11. The van der Waals surface area contributed by atoms with Gasteiger partial charge in [-0.05, 0) is 56.0 Å². The minimum atomic E-state index is -0.530. The van der Waals surface area contributed by atoms with E-state index in [2.05, 4.69) is 5.32 Å². The third-order valence-electron chi connectivity index (χ3n) is 5.24. The van der Waals surface area contributed by atoms with Gasteiger partial charge in [0.15, 0.2) is 0 Å². The molecule has 0 radical (unpaired) electrons. The van der Waals surface area contributed by atoms with Crippen molar-refractivity contribution >= 4 is 39.7 Å². The summed E-state index contributed by atoms with van der Waals surface area (Å²) >= 11 is 5.77. The molecule has 6 heteroatoms. The number of methoxy groups -OCH3 is 1. The molecule has 3 aromatic rings. The van der Waals surface area contributed by atoms with E-state index in [1.54, 1.807) is 7.11 Å². The molecular formula is C23H21ClFNO3. The summed E-state index contributed by atoms with van der Waals surface area (Å²) in [5, 5.41) is 3.74. The molecule has 1 aliphatic carbocycles. The normalized spacial score (nSPS) is 14.0.